The highest BCUT2D eigenvalue weighted by Gasteiger charge is 2.18. The maximum atomic E-state index is 13.8. The van der Waals surface area contributed by atoms with Gasteiger partial charge in [-0.05, 0) is 43.5 Å². The summed E-state index contributed by atoms with van der Waals surface area (Å²) in [5.41, 5.74) is 7.10. The Labute approximate surface area is 102 Å². The van der Waals surface area contributed by atoms with Crippen molar-refractivity contribution < 1.29 is 13.9 Å². The number of nitrogens with two attached hydrogens (primary N) is 1. The van der Waals surface area contributed by atoms with Crippen LogP contribution >= 0.6 is 0 Å². The first-order valence-corrected chi connectivity index (χ1v) is 5.50. The van der Waals surface area contributed by atoms with Crippen molar-refractivity contribution in [2.75, 3.05) is 14.2 Å². The van der Waals surface area contributed by atoms with Gasteiger partial charge in [0.2, 0.25) is 0 Å². The van der Waals surface area contributed by atoms with Gasteiger partial charge in [-0.25, -0.2) is 4.39 Å². The fourth-order valence-electron chi connectivity index (χ4n) is 1.81. The number of halogens is 1. The molecule has 0 aliphatic rings. The van der Waals surface area contributed by atoms with Gasteiger partial charge in [0.05, 0.1) is 13.7 Å². The zero-order valence-electron chi connectivity index (χ0n) is 10.8. The molecule has 0 aromatic heterocycles. The lowest BCUT2D eigenvalue weighted by molar-refractivity contribution is 0.184. The van der Waals surface area contributed by atoms with E-state index in [1.54, 1.807) is 7.11 Å². The summed E-state index contributed by atoms with van der Waals surface area (Å²) in [6, 6.07) is 3.30. The van der Waals surface area contributed by atoms with Crippen LogP contribution in [-0.2, 0) is 17.8 Å². The van der Waals surface area contributed by atoms with Crippen LogP contribution in [0.25, 0.3) is 0 Å². The van der Waals surface area contributed by atoms with Crippen molar-refractivity contribution in [3.8, 4) is 5.75 Å². The maximum absolute atomic E-state index is 13.8. The molecular weight excluding hydrogens is 221 g/mol. The minimum atomic E-state index is -0.411. The number of benzene rings is 1. The number of hydrogen-bond acceptors (Lipinski definition) is 3. The summed E-state index contributed by atoms with van der Waals surface area (Å²) in [7, 11) is 3.04. The number of hydrogen-bond donors (Lipinski definition) is 1. The van der Waals surface area contributed by atoms with Crippen LogP contribution in [0.4, 0.5) is 4.39 Å². The Morgan fingerprint density at radius 2 is 1.94 bits per heavy atom. The van der Waals surface area contributed by atoms with Gasteiger partial charge in [-0.2, -0.15) is 0 Å². The van der Waals surface area contributed by atoms with E-state index < -0.39 is 5.54 Å². The van der Waals surface area contributed by atoms with Crippen molar-refractivity contribution in [3.63, 3.8) is 0 Å². The smallest absolute Gasteiger partial charge is 0.165 e. The van der Waals surface area contributed by atoms with Crippen molar-refractivity contribution in [3.05, 3.63) is 29.1 Å². The van der Waals surface area contributed by atoms with Crippen LogP contribution in [0.15, 0.2) is 12.1 Å². The second-order valence-electron chi connectivity index (χ2n) is 4.87. The molecule has 0 amide bonds. The fourth-order valence-corrected chi connectivity index (χ4v) is 1.81. The third-order valence-corrected chi connectivity index (χ3v) is 2.34. The zero-order chi connectivity index (χ0) is 13.1. The van der Waals surface area contributed by atoms with Crippen LogP contribution < -0.4 is 10.5 Å². The molecule has 17 heavy (non-hydrogen) atoms. The Balaban J connectivity index is 3.14. The van der Waals surface area contributed by atoms with Crippen molar-refractivity contribution in [1.82, 2.24) is 0 Å². The van der Waals surface area contributed by atoms with E-state index in [-0.39, 0.29) is 11.6 Å². The third-order valence-electron chi connectivity index (χ3n) is 2.34. The lowest BCUT2D eigenvalue weighted by Crippen LogP contribution is -2.34. The molecule has 0 fully saturated rings. The molecule has 0 aliphatic carbocycles. The monoisotopic (exact) mass is 241 g/mol. The van der Waals surface area contributed by atoms with Crippen LogP contribution in [0.2, 0.25) is 0 Å². The van der Waals surface area contributed by atoms with E-state index in [9.17, 15) is 4.39 Å². The second kappa shape index (κ2) is 5.47. The molecule has 1 aromatic carbocycles. The van der Waals surface area contributed by atoms with Gasteiger partial charge in [-0.3, -0.25) is 0 Å². The quantitative estimate of drug-likeness (QED) is 0.860. The van der Waals surface area contributed by atoms with Gasteiger partial charge in [0.15, 0.2) is 11.6 Å². The van der Waals surface area contributed by atoms with Gasteiger partial charge >= 0.3 is 0 Å². The summed E-state index contributed by atoms with van der Waals surface area (Å²) < 4.78 is 23.9. The van der Waals surface area contributed by atoms with Crippen molar-refractivity contribution in [2.24, 2.45) is 5.73 Å². The molecule has 1 rings (SSSR count). The lowest BCUT2D eigenvalue weighted by atomic mass is 9.94. The molecular formula is C13H20FNO2. The van der Waals surface area contributed by atoms with E-state index >= 15 is 0 Å². The summed E-state index contributed by atoms with van der Waals surface area (Å²) in [6.07, 6.45) is 0.546. The van der Waals surface area contributed by atoms with E-state index in [2.05, 4.69) is 0 Å². The lowest BCUT2D eigenvalue weighted by Gasteiger charge is -2.21. The Morgan fingerprint density at radius 3 is 2.41 bits per heavy atom. The van der Waals surface area contributed by atoms with Crippen LogP contribution in [0, 0.1) is 5.82 Å². The summed E-state index contributed by atoms with van der Waals surface area (Å²) in [6.45, 7) is 4.17. The van der Waals surface area contributed by atoms with Crippen LogP contribution in [0.5, 0.6) is 5.75 Å². The number of methoxy groups -OCH3 is 2. The first kappa shape index (κ1) is 13.9. The summed E-state index contributed by atoms with van der Waals surface area (Å²) >= 11 is 0. The minimum Gasteiger partial charge on any atom is -0.493 e. The zero-order valence-corrected chi connectivity index (χ0v) is 10.8. The summed E-state index contributed by atoms with van der Waals surface area (Å²) in [4.78, 5) is 0. The van der Waals surface area contributed by atoms with Crippen molar-refractivity contribution >= 4 is 0 Å². The summed E-state index contributed by atoms with van der Waals surface area (Å²) in [5, 5.41) is 0. The maximum Gasteiger partial charge on any atom is 0.165 e. The molecule has 96 valence electrons. The van der Waals surface area contributed by atoms with Gasteiger partial charge in [0, 0.05) is 12.6 Å². The number of ether oxygens (including phenoxy) is 2. The number of rotatable bonds is 5. The molecule has 0 saturated heterocycles. The third kappa shape index (κ3) is 3.98. The molecule has 0 radical (unpaired) electrons. The first-order chi connectivity index (χ1) is 7.87. The second-order valence-corrected chi connectivity index (χ2v) is 4.87. The molecule has 0 aliphatic heterocycles. The van der Waals surface area contributed by atoms with E-state index in [1.807, 2.05) is 19.9 Å². The highest BCUT2D eigenvalue weighted by atomic mass is 19.1. The molecule has 0 saturated carbocycles. The Hall–Kier alpha value is -1.13. The molecule has 4 heteroatoms. The summed E-state index contributed by atoms with van der Waals surface area (Å²) in [5.74, 6) is -0.107. The largest absolute Gasteiger partial charge is 0.493 e. The molecule has 0 heterocycles. The first-order valence-electron chi connectivity index (χ1n) is 5.50. The van der Waals surface area contributed by atoms with Crippen molar-refractivity contribution in [2.45, 2.75) is 32.4 Å². The van der Waals surface area contributed by atoms with E-state index in [0.717, 1.165) is 11.1 Å². The van der Waals surface area contributed by atoms with E-state index in [4.69, 9.17) is 15.2 Å². The Bertz CT molecular complexity index is 386. The predicted octanol–water partition coefficient (Wildman–Crippen LogP) is 2.26. The molecule has 0 atom stereocenters. The average molecular weight is 241 g/mol. The Kier molecular flexibility index (Phi) is 4.48. The van der Waals surface area contributed by atoms with E-state index in [1.165, 1.54) is 13.2 Å². The fraction of sp³-hybridized carbons (Fsp3) is 0.538. The SMILES string of the molecule is COCc1cc(F)c(OC)c(CC(C)(C)N)c1. The van der Waals surface area contributed by atoms with Crippen molar-refractivity contribution in [1.29, 1.82) is 0 Å². The van der Waals surface area contributed by atoms with Gasteiger partial charge < -0.3 is 15.2 Å². The molecule has 0 bridgehead atoms. The van der Waals surface area contributed by atoms with Gasteiger partial charge in [-0.15, -0.1) is 0 Å². The molecule has 1 aromatic rings. The predicted molar refractivity (Wildman–Crippen MR) is 65.6 cm³/mol. The highest BCUT2D eigenvalue weighted by molar-refractivity contribution is 5.39. The standard InChI is InChI=1S/C13H20FNO2/c1-13(2,15)7-10-5-9(8-16-3)6-11(14)12(10)17-4/h5-6H,7-8,15H2,1-4H3. The molecule has 2 N–H and O–H groups in total. The van der Waals surface area contributed by atoms with Gasteiger partial charge in [0.25, 0.3) is 0 Å². The normalized spacial score (nSPS) is 11.6. The minimum absolute atomic E-state index is 0.267. The molecule has 3 nitrogen and oxygen atoms in total. The molecule has 0 spiro atoms. The molecule has 0 unspecified atom stereocenters. The van der Waals surface area contributed by atoms with Gasteiger partial charge in [0.1, 0.15) is 0 Å². The van der Waals surface area contributed by atoms with Crippen LogP contribution in [0.3, 0.4) is 0 Å². The topological polar surface area (TPSA) is 44.5 Å². The van der Waals surface area contributed by atoms with Gasteiger partial charge in [-0.1, -0.05) is 0 Å². The average Bonchev–Trinajstić information content (AvgIpc) is 2.15. The van der Waals surface area contributed by atoms with Crippen LogP contribution in [0.1, 0.15) is 25.0 Å². The van der Waals surface area contributed by atoms with Crippen LogP contribution in [-0.4, -0.2) is 19.8 Å². The highest BCUT2D eigenvalue weighted by Crippen LogP contribution is 2.27. The van der Waals surface area contributed by atoms with E-state index in [0.29, 0.717) is 13.0 Å². The Morgan fingerprint density at radius 1 is 1.29 bits per heavy atom.